The van der Waals surface area contributed by atoms with E-state index >= 15 is 0 Å². The molecule has 0 aromatic carbocycles. The van der Waals surface area contributed by atoms with Crippen molar-refractivity contribution >= 4 is 41.3 Å². The normalized spacial score (nSPS) is 24.9. The van der Waals surface area contributed by atoms with Gasteiger partial charge in [-0.25, -0.2) is 0 Å². The summed E-state index contributed by atoms with van der Waals surface area (Å²) in [5.41, 5.74) is 0. The van der Waals surface area contributed by atoms with E-state index < -0.39 is 0 Å². The smallest absolute Gasteiger partial charge is 0.191 e. The van der Waals surface area contributed by atoms with Gasteiger partial charge in [0.1, 0.15) is 0 Å². The summed E-state index contributed by atoms with van der Waals surface area (Å²) < 4.78 is 0. The molecular weight excluding hydrogens is 493 g/mol. The summed E-state index contributed by atoms with van der Waals surface area (Å²) in [6, 6.07) is 5.55. The molecule has 5 nitrogen and oxygen atoms in total. The van der Waals surface area contributed by atoms with Crippen LogP contribution in [0.3, 0.4) is 0 Å². The Morgan fingerprint density at radius 1 is 1.24 bits per heavy atom. The molecule has 7 heteroatoms. The maximum absolute atomic E-state index is 4.51. The fraction of sp³-hybridized carbons (Fsp3) is 0.773. The molecule has 0 aliphatic carbocycles. The fourth-order valence-corrected chi connectivity index (χ4v) is 5.66. The van der Waals surface area contributed by atoms with E-state index in [-0.39, 0.29) is 24.0 Å². The first-order valence-corrected chi connectivity index (χ1v) is 12.0. The van der Waals surface area contributed by atoms with E-state index in [0.29, 0.717) is 18.0 Å². The number of likely N-dealkylation sites (tertiary alicyclic amines) is 2. The molecule has 2 atom stereocenters. The number of hydrogen-bond acceptors (Lipinski definition) is 4. The van der Waals surface area contributed by atoms with Crippen LogP contribution >= 0.6 is 35.3 Å². The number of rotatable bonds is 7. The van der Waals surface area contributed by atoms with Crippen molar-refractivity contribution < 1.29 is 0 Å². The fourth-order valence-electron chi connectivity index (χ4n) is 4.68. The average molecular weight is 534 g/mol. The lowest BCUT2D eigenvalue weighted by Gasteiger charge is -2.39. The van der Waals surface area contributed by atoms with Gasteiger partial charge in [-0.15, -0.1) is 35.3 Å². The van der Waals surface area contributed by atoms with Crippen LogP contribution in [0.1, 0.15) is 56.4 Å². The number of unbranched alkanes of at least 4 members (excludes halogenated alkanes) is 1. The number of guanidine groups is 1. The van der Waals surface area contributed by atoms with Crippen molar-refractivity contribution in [3.63, 3.8) is 0 Å². The first kappa shape index (κ1) is 24.9. The molecule has 3 heterocycles. The Bertz CT molecular complexity index is 586. The lowest BCUT2D eigenvalue weighted by molar-refractivity contribution is 0.125. The number of hydrogen-bond donors (Lipinski definition) is 2. The molecule has 2 aliphatic heterocycles. The third-order valence-electron chi connectivity index (χ3n) is 6.35. The topological polar surface area (TPSA) is 42.9 Å². The van der Waals surface area contributed by atoms with Crippen LogP contribution in [0.15, 0.2) is 22.5 Å². The predicted octanol–water partition coefficient (Wildman–Crippen LogP) is 4.18. The monoisotopic (exact) mass is 533 g/mol. The van der Waals surface area contributed by atoms with Gasteiger partial charge in [0, 0.05) is 43.6 Å². The van der Waals surface area contributed by atoms with Crippen LogP contribution in [0.2, 0.25) is 0 Å². The zero-order valence-corrected chi connectivity index (χ0v) is 21.5. The van der Waals surface area contributed by atoms with Crippen molar-refractivity contribution in [2.75, 3.05) is 46.8 Å². The van der Waals surface area contributed by atoms with Gasteiger partial charge >= 0.3 is 0 Å². The Kier molecular flexibility index (Phi) is 11.3. The molecule has 1 aromatic heterocycles. The van der Waals surface area contributed by atoms with Gasteiger partial charge in [0.15, 0.2) is 5.96 Å². The minimum atomic E-state index is 0. The van der Waals surface area contributed by atoms with E-state index in [0.717, 1.165) is 12.5 Å². The summed E-state index contributed by atoms with van der Waals surface area (Å²) in [4.78, 5) is 11.2. The van der Waals surface area contributed by atoms with Gasteiger partial charge in [-0.3, -0.25) is 9.89 Å². The number of piperidine rings is 2. The maximum Gasteiger partial charge on any atom is 0.191 e. The summed E-state index contributed by atoms with van der Waals surface area (Å²) in [5, 5.41) is 9.54. The summed E-state index contributed by atoms with van der Waals surface area (Å²) >= 11 is 1.89. The van der Waals surface area contributed by atoms with Crippen LogP contribution < -0.4 is 10.6 Å². The van der Waals surface area contributed by atoms with Gasteiger partial charge < -0.3 is 15.5 Å². The molecule has 1 aromatic rings. The van der Waals surface area contributed by atoms with Gasteiger partial charge in [0.05, 0.1) is 0 Å². The van der Waals surface area contributed by atoms with Crippen LogP contribution in [-0.2, 0) is 0 Å². The second-order valence-corrected chi connectivity index (χ2v) is 9.39. The highest BCUT2D eigenvalue weighted by Gasteiger charge is 2.31. The van der Waals surface area contributed by atoms with Crippen LogP contribution in [0.4, 0.5) is 0 Å². The summed E-state index contributed by atoms with van der Waals surface area (Å²) in [5.74, 6) is 1.61. The van der Waals surface area contributed by atoms with E-state index in [1.54, 1.807) is 0 Å². The van der Waals surface area contributed by atoms with Crippen molar-refractivity contribution in [2.45, 2.75) is 57.5 Å². The second kappa shape index (κ2) is 13.1. The molecule has 2 unspecified atom stereocenters. The standard InChI is InChI=1S/C22H39N5S.HI/c1-4-5-13-27-14-10-19(11-15-27)25-22(23-2)24-17-18-8-6-12-26(3)21(18)20-9-7-16-28-20;/h7,9,16,18-19,21H,4-6,8,10-15,17H2,1-3H3,(H2,23,24,25);1H. The van der Waals surface area contributed by atoms with E-state index in [1.165, 1.54) is 69.6 Å². The third-order valence-corrected chi connectivity index (χ3v) is 7.30. The van der Waals surface area contributed by atoms with E-state index in [9.17, 15) is 0 Å². The third kappa shape index (κ3) is 7.36. The van der Waals surface area contributed by atoms with Crippen LogP contribution in [-0.4, -0.2) is 68.6 Å². The number of nitrogens with one attached hydrogen (secondary N) is 2. The van der Waals surface area contributed by atoms with Crippen LogP contribution in [0.5, 0.6) is 0 Å². The summed E-state index contributed by atoms with van der Waals surface area (Å²) in [6.07, 6.45) is 7.61. The number of thiophene rings is 1. The van der Waals surface area contributed by atoms with Crippen molar-refractivity contribution in [3.05, 3.63) is 22.4 Å². The SMILES string of the molecule is CCCCN1CCC(NC(=NC)NCC2CCCN(C)C2c2cccs2)CC1.I. The molecule has 2 fully saturated rings. The molecule has 0 spiro atoms. The average Bonchev–Trinajstić information content (AvgIpc) is 3.24. The number of nitrogens with zero attached hydrogens (tertiary/aromatic N) is 3. The molecular formula is C22H40IN5S. The first-order chi connectivity index (χ1) is 13.7. The zero-order chi connectivity index (χ0) is 19.8. The van der Waals surface area contributed by atoms with Gasteiger partial charge in [-0.2, -0.15) is 0 Å². The zero-order valence-electron chi connectivity index (χ0n) is 18.4. The van der Waals surface area contributed by atoms with Crippen LogP contribution in [0.25, 0.3) is 0 Å². The van der Waals surface area contributed by atoms with Gasteiger partial charge in [-0.1, -0.05) is 19.4 Å². The van der Waals surface area contributed by atoms with Crippen molar-refractivity contribution in [1.29, 1.82) is 0 Å². The lowest BCUT2D eigenvalue weighted by Crippen LogP contribution is -2.50. The molecule has 2 aliphatic rings. The number of halogens is 1. The van der Waals surface area contributed by atoms with E-state index in [2.05, 4.69) is 56.9 Å². The number of aliphatic imine (C=N–C) groups is 1. The Hall–Kier alpha value is -0.380. The van der Waals surface area contributed by atoms with Gasteiger partial charge in [0.25, 0.3) is 0 Å². The quantitative estimate of drug-likeness (QED) is 0.314. The molecule has 2 N–H and O–H groups in total. The Morgan fingerprint density at radius 3 is 2.69 bits per heavy atom. The molecule has 3 rings (SSSR count). The van der Waals surface area contributed by atoms with Crippen molar-refractivity contribution in [1.82, 2.24) is 20.4 Å². The first-order valence-electron chi connectivity index (χ1n) is 11.1. The highest BCUT2D eigenvalue weighted by atomic mass is 127. The Labute approximate surface area is 198 Å². The molecule has 0 saturated carbocycles. The summed E-state index contributed by atoms with van der Waals surface area (Å²) in [6.45, 7) is 8.14. The molecule has 166 valence electrons. The lowest BCUT2D eigenvalue weighted by atomic mass is 9.88. The predicted molar refractivity (Wildman–Crippen MR) is 137 cm³/mol. The summed E-state index contributed by atoms with van der Waals surface area (Å²) in [7, 11) is 4.17. The Morgan fingerprint density at radius 2 is 2.03 bits per heavy atom. The minimum Gasteiger partial charge on any atom is -0.356 e. The largest absolute Gasteiger partial charge is 0.356 e. The Balaban J connectivity index is 0.00000300. The highest BCUT2D eigenvalue weighted by Crippen LogP contribution is 2.36. The van der Waals surface area contributed by atoms with E-state index in [1.807, 2.05) is 18.4 Å². The molecule has 0 amide bonds. The minimum absolute atomic E-state index is 0. The van der Waals surface area contributed by atoms with E-state index in [4.69, 9.17) is 0 Å². The van der Waals surface area contributed by atoms with Crippen LogP contribution in [0, 0.1) is 5.92 Å². The second-order valence-electron chi connectivity index (χ2n) is 8.41. The van der Waals surface area contributed by atoms with Gasteiger partial charge in [-0.05, 0) is 69.6 Å². The van der Waals surface area contributed by atoms with Gasteiger partial charge in [0.2, 0.25) is 0 Å². The maximum atomic E-state index is 4.51. The molecule has 0 radical (unpaired) electrons. The highest BCUT2D eigenvalue weighted by molar-refractivity contribution is 14.0. The molecule has 29 heavy (non-hydrogen) atoms. The van der Waals surface area contributed by atoms with Crippen molar-refractivity contribution in [2.24, 2.45) is 10.9 Å². The molecule has 0 bridgehead atoms. The molecule has 2 saturated heterocycles. The van der Waals surface area contributed by atoms with Crippen molar-refractivity contribution in [3.8, 4) is 0 Å².